The maximum absolute atomic E-state index is 12.9. The lowest BCUT2D eigenvalue weighted by Gasteiger charge is -2.26. The zero-order valence-electron chi connectivity index (χ0n) is 14.9. The number of hydrogen-bond donors (Lipinski definition) is 1. The van der Waals surface area contributed by atoms with Gasteiger partial charge in [0.2, 0.25) is 0 Å². The molecule has 5 heteroatoms. The molecule has 0 unspecified atom stereocenters. The molecule has 0 spiro atoms. The van der Waals surface area contributed by atoms with Crippen LogP contribution in [0.1, 0.15) is 22.6 Å². The summed E-state index contributed by atoms with van der Waals surface area (Å²) in [4.78, 5) is 12.9. The van der Waals surface area contributed by atoms with E-state index in [4.69, 9.17) is 4.74 Å². The number of carbonyl (C=O) groups excluding carboxylic acids is 1. The minimum Gasteiger partial charge on any atom is -0.457 e. The summed E-state index contributed by atoms with van der Waals surface area (Å²) in [5.74, 6) is 0.728. The highest BCUT2D eigenvalue weighted by molar-refractivity contribution is 9.10. The number of fused-ring (bicyclic) bond motifs is 2. The fraction of sp³-hybridized carbons (Fsp3) is 0.0435. The van der Waals surface area contributed by atoms with E-state index in [1.165, 1.54) is 0 Å². The topological polar surface area (TPSA) is 50.7 Å². The van der Waals surface area contributed by atoms with E-state index in [0.29, 0.717) is 11.5 Å². The van der Waals surface area contributed by atoms with Crippen LogP contribution in [0.5, 0.6) is 11.5 Å². The highest BCUT2D eigenvalue weighted by atomic mass is 79.9. The zero-order chi connectivity index (χ0) is 19.3. The molecule has 1 aliphatic heterocycles. The largest absolute Gasteiger partial charge is 0.457 e. The smallest absolute Gasteiger partial charge is 0.252 e. The van der Waals surface area contributed by atoms with E-state index in [1.807, 2.05) is 78.9 Å². The standard InChI is InChI=1S/C23H17BrN2O2/c24-17-13-11-16(12-14-17)6-5-15-25-26-23(27)22-18-7-1-3-9-20(18)28-21-10-4-2-8-19(21)22/h1-15,22H,(H,26,27)/b6-5-,25-15-. The van der Waals surface area contributed by atoms with E-state index >= 15 is 0 Å². The van der Waals surface area contributed by atoms with Gasteiger partial charge in [0.05, 0.1) is 5.92 Å². The second-order valence-electron chi connectivity index (χ2n) is 6.28. The first-order chi connectivity index (χ1) is 13.7. The first-order valence-corrected chi connectivity index (χ1v) is 9.62. The van der Waals surface area contributed by atoms with Crippen LogP contribution in [0.25, 0.3) is 6.08 Å². The Kier molecular flexibility index (Phi) is 5.35. The van der Waals surface area contributed by atoms with Crippen molar-refractivity contribution in [1.29, 1.82) is 0 Å². The molecule has 0 atom stereocenters. The van der Waals surface area contributed by atoms with E-state index in [0.717, 1.165) is 21.2 Å². The third-order valence-electron chi connectivity index (χ3n) is 4.44. The number of benzene rings is 3. The maximum atomic E-state index is 12.9. The number of hydrazone groups is 1. The molecule has 0 radical (unpaired) electrons. The average molecular weight is 433 g/mol. The fourth-order valence-electron chi connectivity index (χ4n) is 3.13. The number of para-hydroxylation sites is 2. The van der Waals surface area contributed by atoms with E-state index in [9.17, 15) is 4.79 Å². The van der Waals surface area contributed by atoms with Gasteiger partial charge in [0.1, 0.15) is 11.5 Å². The summed E-state index contributed by atoms with van der Waals surface area (Å²) in [5, 5.41) is 4.06. The van der Waals surface area contributed by atoms with Crippen molar-refractivity contribution in [2.45, 2.75) is 5.92 Å². The van der Waals surface area contributed by atoms with Gasteiger partial charge >= 0.3 is 0 Å². The lowest BCUT2D eigenvalue weighted by molar-refractivity contribution is -0.121. The first-order valence-electron chi connectivity index (χ1n) is 8.83. The second-order valence-corrected chi connectivity index (χ2v) is 7.19. The minimum absolute atomic E-state index is 0.198. The van der Waals surface area contributed by atoms with Gasteiger partial charge in [-0.2, -0.15) is 5.10 Å². The number of nitrogens with zero attached hydrogens (tertiary/aromatic N) is 1. The van der Waals surface area contributed by atoms with Crippen LogP contribution in [0.3, 0.4) is 0 Å². The second kappa shape index (κ2) is 8.23. The summed E-state index contributed by atoms with van der Waals surface area (Å²) in [7, 11) is 0. The van der Waals surface area contributed by atoms with Crippen LogP contribution in [-0.2, 0) is 4.79 Å². The summed E-state index contributed by atoms with van der Waals surface area (Å²) < 4.78 is 6.96. The van der Waals surface area contributed by atoms with Gasteiger partial charge < -0.3 is 4.74 Å². The number of carbonyl (C=O) groups is 1. The molecule has 0 fully saturated rings. The van der Waals surface area contributed by atoms with Crippen molar-refractivity contribution in [2.24, 2.45) is 5.10 Å². The Morgan fingerprint density at radius 1 is 0.929 bits per heavy atom. The van der Waals surface area contributed by atoms with Crippen molar-refractivity contribution in [2.75, 3.05) is 0 Å². The number of nitrogens with one attached hydrogen (secondary N) is 1. The van der Waals surface area contributed by atoms with Gasteiger partial charge in [0, 0.05) is 21.8 Å². The van der Waals surface area contributed by atoms with Crippen molar-refractivity contribution in [3.05, 3.63) is 100 Å². The normalized spacial score (nSPS) is 13.2. The Balaban J connectivity index is 1.50. The van der Waals surface area contributed by atoms with Gasteiger partial charge in [-0.1, -0.05) is 70.5 Å². The average Bonchev–Trinajstić information content (AvgIpc) is 2.73. The Hall–Kier alpha value is -3.18. The molecule has 0 aromatic heterocycles. The Bertz CT molecular complexity index is 1010. The van der Waals surface area contributed by atoms with Gasteiger partial charge in [0.25, 0.3) is 5.91 Å². The quantitative estimate of drug-likeness (QED) is 0.436. The monoisotopic (exact) mass is 432 g/mol. The zero-order valence-corrected chi connectivity index (χ0v) is 16.5. The van der Waals surface area contributed by atoms with Crippen LogP contribution in [0, 0.1) is 0 Å². The van der Waals surface area contributed by atoms with Gasteiger partial charge in [-0.3, -0.25) is 4.79 Å². The van der Waals surface area contributed by atoms with Crippen molar-refractivity contribution in [3.63, 3.8) is 0 Å². The Labute approximate surface area is 171 Å². The first kappa shape index (κ1) is 18.2. The molecule has 0 saturated heterocycles. The predicted molar refractivity (Wildman–Crippen MR) is 115 cm³/mol. The van der Waals surface area contributed by atoms with Gasteiger partial charge in [-0.25, -0.2) is 5.43 Å². The van der Waals surface area contributed by atoms with E-state index in [-0.39, 0.29) is 5.91 Å². The maximum Gasteiger partial charge on any atom is 0.252 e. The van der Waals surface area contributed by atoms with Crippen LogP contribution >= 0.6 is 15.9 Å². The van der Waals surface area contributed by atoms with Crippen molar-refractivity contribution >= 4 is 34.1 Å². The predicted octanol–water partition coefficient (Wildman–Crippen LogP) is 5.50. The molecular weight excluding hydrogens is 416 g/mol. The number of halogens is 1. The summed E-state index contributed by atoms with van der Waals surface area (Å²) in [6, 6.07) is 23.1. The molecule has 0 bridgehead atoms. The Morgan fingerprint density at radius 3 is 2.18 bits per heavy atom. The van der Waals surface area contributed by atoms with Gasteiger partial charge in [-0.15, -0.1) is 0 Å². The van der Waals surface area contributed by atoms with Crippen LogP contribution in [0.4, 0.5) is 0 Å². The van der Waals surface area contributed by atoms with Gasteiger partial charge in [0.15, 0.2) is 0 Å². The highest BCUT2D eigenvalue weighted by Crippen LogP contribution is 2.43. The highest BCUT2D eigenvalue weighted by Gasteiger charge is 2.32. The number of rotatable bonds is 4. The number of allylic oxidation sites excluding steroid dienone is 1. The van der Waals surface area contributed by atoms with Crippen LogP contribution in [0.15, 0.2) is 88.4 Å². The molecule has 3 aromatic carbocycles. The summed E-state index contributed by atoms with van der Waals surface area (Å²) in [6.45, 7) is 0. The van der Waals surface area contributed by atoms with E-state index in [2.05, 4.69) is 26.5 Å². The lowest BCUT2D eigenvalue weighted by atomic mass is 9.87. The third-order valence-corrected chi connectivity index (χ3v) is 4.96. The molecule has 0 aliphatic carbocycles. The van der Waals surface area contributed by atoms with Crippen molar-refractivity contribution in [1.82, 2.24) is 5.43 Å². The molecule has 1 aliphatic rings. The third kappa shape index (κ3) is 3.89. The van der Waals surface area contributed by atoms with Crippen molar-refractivity contribution in [3.8, 4) is 11.5 Å². The van der Waals surface area contributed by atoms with E-state index in [1.54, 1.807) is 12.3 Å². The molecule has 1 N–H and O–H groups in total. The van der Waals surface area contributed by atoms with Crippen LogP contribution < -0.4 is 10.2 Å². The van der Waals surface area contributed by atoms with E-state index < -0.39 is 5.92 Å². The van der Waals surface area contributed by atoms with Gasteiger partial charge in [-0.05, 0) is 35.9 Å². The summed E-state index contributed by atoms with van der Waals surface area (Å²) >= 11 is 3.41. The van der Waals surface area contributed by atoms with Crippen LogP contribution in [-0.4, -0.2) is 12.1 Å². The molecule has 1 heterocycles. The molecule has 4 nitrogen and oxygen atoms in total. The molecule has 3 aromatic rings. The van der Waals surface area contributed by atoms with Crippen LogP contribution in [0.2, 0.25) is 0 Å². The molecular formula is C23H17BrN2O2. The number of amides is 1. The molecule has 1 amide bonds. The summed E-state index contributed by atoms with van der Waals surface area (Å²) in [5.41, 5.74) is 5.36. The number of hydrogen-bond acceptors (Lipinski definition) is 3. The lowest BCUT2D eigenvalue weighted by Crippen LogP contribution is -2.28. The Morgan fingerprint density at radius 2 is 1.54 bits per heavy atom. The van der Waals surface area contributed by atoms with Crippen molar-refractivity contribution < 1.29 is 9.53 Å². The molecule has 0 saturated carbocycles. The fourth-order valence-corrected chi connectivity index (χ4v) is 3.39. The summed E-state index contributed by atoms with van der Waals surface area (Å²) in [6.07, 6.45) is 5.27. The number of ether oxygens (including phenoxy) is 1. The molecule has 4 rings (SSSR count). The minimum atomic E-state index is -0.464. The molecule has 138 valence electrons. The SMILES string of the molecule is O=C(N/N=C\C=C/c1ccc(Br)cc1)C1c2ccccc2Oc2ccccc21. The molecule has 28 heavy (non-hydrogen) atoms.